The standard InChI is InChI=1S/C12H24N2O/c1-5-14(6-2)11(15)13-9-12(7-8-12)10(3)4/h10H,5-9H2,1-4H3,(H,13,15). The Kier molecular flexibility index (Phi) is 4.00. The van der Waals surface area contributed by atoms with E-state index >= 15 is 0 Å². The van der Waals surface area contributed by atoms with Crippen LogP contribution in [0.25, 0.3) is 0 Å². The van der Waals surface area contributed by atoms with Gasteiger partial charge >= 0.3 is 6.03 Å². The third-order valence-electron chi connectivity index (χ3n) is 3.76. The molecular weight excluding hydrogens is 188 g/mol. The molecule has 88 valence electrons. The minimum atomic E-state index is 0.0897. The highest BCUT2D eigenvalue weighted by molar-refractivity contribution is 5.74. The molecule has 0 atom stereocenters. The van der Waals surface area contributed by atoms with Crippen LogP contribution in [0.5, 0.6) is 0 Å². The Hall–Kier alpha value is -0.730. The summed E-state index contributed by atoms with van der Waals surface area (Å²) in [5.41, 5.74) is 0.406. The second-order valence-corrected chi connectivity index (χ2v) is 4.85. The minimum absolute atomic E-state index is 0.0897. The number of carbonyl (C=O) groups excluding carboxylic acids is 1. The Morgan fingerprint density at radius 3 is 2.20 bits per heavy atom. The zero-order chi connectivity index (χ0) is 11.5. The Morgan fingerprint density at radius 1 is 1.33 bits per heavy atom. The van der Waals surface area contributed by atoms with Gasteiger partial charge in [-0.2, -0.15) is 0 Å². The van der Waals surface area contributed by atoms with Crippen molar-refractivity contribution in [3.05, 3.63) is 0 Å². The van der Waals surface area contributed by atoms with Gasteiger partial charge < -0.3 is 10.2 Å². The summed E-state index contributed by atoms with van der Waals surface area (Å²) in [6.07, 6.45) is 2.53. The first-order valence-electron chi connectivity index (χ1n) is 6.08. The Labute approximate surface area is 93.2 Å². The van der Waals surface area contributed by atoms with Crippen LogP contribution in [0.4, 0.5) is 4.79 Å². The van der Waals surface area contributed by atoms with E-state index in [-0.39, 0.29) is 6.03 Å². The number of urea groups is 1. The maximum atomic E-state index is 11.7. The van der Waals surface area contributed by atoms with Crippen LogP contribution in [-0.2, 0) is 0 Å². The smallest absolute Gasteiger partial charge is 0.317 e. The molecule has 0 unspecified atom stereocenters. The van der Waals surface area contributed by atoms with E-state index in [2.05, 4.69) is 19.2 Å². The van der Waals surface area contributed by atoms with Crippen molar-refractivity contribution in [2.45, 2.75) is 40.5 Å². The number of amides is 2. The summed E-state index contributed by atoms with van der Waals surface area (Å²) in [6, 6.07) is 0.0897. The van der Waals surface area contributed by atoms with Crippen molar-refractivity contribution < 1.29 is 4.79 Å². The SMILES string of the molecule is CCN(CC)C(=O)NCC1(C(C)C)CC1. The highest BCUT2D eigenvalue weighted by Crippen LogP contribution is 2.51. The fourth-order valence-corrected chi connectivity index (χ4v) is 1.99. The first-order chi connectivity index (χ1) is 7.05. The molecular formula is C12H24N2O. The van der Waals surface area contributed by atoms with Crippen LogP contribution in [0.1, 0.15) is 40.5 Å². The number of nitrogens with one attached hydrogen (secondary N) is 1. The molecule has 0 heterocycles. The summed E-state index contributed by atoms with van der Waals surface area (Å²) in [6.45, 7) is 10.9. The highest BCUT2D eigenvalue weighted by Gasteiger charge is 2.45. The van der Waals surface area contributed by atoms with Crippen LogP contribution in [0, 0.1) is 11.3 Å². The van der Waals surface area contributed by atoms with E-state index in [4.69, 9.17) is 0 Å². The van der Waals surface area contributed by atoms with Gasteiger partial charge in [-0.15, -0.1) is 0 Å². The van der Waals surface area contributed by atoms with E-state index < -0.39 is 0 Å². The van der Waals surface area contributed by atoms with Crippen LogP contribution in [-0.4, -0.2) is 30.6 Å². The molecule has 1 saturated carbocycles. The molecule has 0 radical (unpaired) electrons. The molecule has 1 N–H and O–H groups in total. The number of hydrogen-bond donors (Lipinski definition) is 1. The zero-order valence-corrected chi connectivity index (χ0v) is 10.5. The maximum Gasteiger partial charge on any atom is 0.317 e. The number of carbonyl (C=O) groups is 1. The molecule has 0 aromatic carbocycles. The molecule has 0 aliphatic heterocycles. The van der Waals surface area contributed by atoms with Crippen LogP contribution < -0.4 is 5.32 Å². The van der Waals surface area contributed by atoms with Gasteiger partial charge in [-0.1, -0.05) is 13.8 Å². The minimum Gasteiger partial charge on any atom is -0.337 e. The van der Waals surface area contributed by atoms with Gasteiger partial charge in [0.05, 0.1) is 0 Å². The van der Waals surface area contributed by atoms with Crippen LogP contribution >= 0.6 is 0 Å². The molecule has 3 heteroatoms. The molecule has 0 aromatic heterocycles. The normalized spacial score (nSPS) is 17.7. The lowest BCUT2D eigenvalue weighted by Gasteiger charge is -2.24. The Balaban J connectivity index is 2.34. The van der Waals surface area contributed by atoms with E-state index in [1.165, 1.54) is 12.8 Å². The van der Waals surface area contributed by atoms with Crippen molar-refractivity contribution in [3.63, 3.8) is 0 Å². The number of hydrogen-bond acceptors (Lipinski definition) is 1. The summed E-state index contributed by atoms with van der Waals surface area (Å²) >= 11 is 0. The second-order valence-electron chi connectivity index (χ2n) is 4.85. The molecule has 3 nitrogen and oxygen atoms in total. The topological polar surface area (TPSA) is 32.3 Å². The predicted molar refractivity (Wildman–Crippen MR) is 62.8 cm³/mol. The maximum absolute atomic E-state index is 11.7. The second kappa shape index (κ2) is 4.86. The Morgan fingerprint density at radius 2 is 1.87 bits per heavy atom. The average Bonchev–Trinajstić information content (AvgIpc) is 2.97. The van der Waals surface area contributed by atoms with Gasteiger partial charge in [0, 0.05) is 19.6 Å². The summed E-state index contributed by atoms with van der Waals surface area (Å²) in [5.74, 6) is 0.675. The van der Waals surface area contributed by atoms with Gasteiger partial charge in [0.2, 0.25) is 0 Å². The van der Waals surface area contributed by atoms with Gasteiger partial charge in [0.15, 0.2) is 0 Å². The fraction of sp³-hybridized carbons (Fsp3) is 0.917. The highest BCUT2D eigenvalue weighted by atomic mass is 16.2. The Bertz CT molecular complexity index is 218. The zero-order valence-electron chi connectivity index (χ0n) is 10.5. The lowest BCUT2D eigenvalue weighted by atomic mass is 9.92. The van der Waals surface area contributed by atoms with Crippen molar-refractivity contribution in [1.82, 2.24) is 10.2 Å². The van der Waals surface area contributed by atoms with E-state index in [9.17, 15) is 4.79 Å². The first-order valence-corrected chi connectivity index (χ1v) is 6.08. The van der Waals surface area contributed by atoms with Crippen molar-refractivity contribution in [1.29, 1.82) is 0 Å². The van der Waals surface area contributed by atoms with Gasteiger partial charge in [-0.05, 0) is 38.0 Å². The molecule has 15 heavy (non-hydrogen) atoms. The van der Waals surface area contributed by atoms with Crippen molar-refractivity contribution in [2.24, 2.45) is 11.3 Å². The lowest BCUT2D eigenvalue weighted by Crippen LogP contribution is -2.42. The summed E-state index contributed by atoms with van der Waals surface area (Å²) in [4.78, 5) is 13.5. The molecule has 0 spiro atoms. The summed E-state index contributed by atoms with van der Waals surface area (Å²) in [7, 11) is 0. The summed E-state index contributed by atoms with van der Waals surface area (Å²) < 4.78 is 0. The van der Waals surface area contributed by atoms with E-state index in [0.717, 1.165) is 19.6 Å². The molecule has 1 aliphatic carbocycles. The first kappa shape index (κ1) is 12.3. The fourth-order valence-electron chi connectivity index (χ4n) is 1.99. The van der Waals surface area contributed by atoms with E-state index in [1.54, 1.807) is 0 Å². The molecule has 1 fully saturated rings. The quantitative estimate of drug-likeness (QED) is 0.746. The number of nitrogens with zero attached hydrogens (tertiary/aromatic N) is 1. The molecule has 1 rings (SSSR count). The lowest BCUT2D eigenvalue weighted by molar-refractivity contribution is 0.198. The van der Waals surface area contributed by atoms with Crippen molar-refractivity contribution >= 4 is 6.03 Å². The molecule has 0 aromatic rings. The van der Waals surface area contributed by atoms with Crippen molar-refractivity contribution in [2.75, 3.05) is 19.6 Å². The van der Waals surface area contributed by atoms with Crippen molar-refractivity contribution in [3.8, 4) is 0 Å². The van der Waals surface area contributed by atoms with E-state index in [0.29, 0.717) is 11.3 Å². The third kappa shape index (κ3) is 2.86. The summed E-state index contributed by atoms with van der Waals surface area (Å²) in [5, 5.41) is 3.06. The third-order valence-corrected chi connectivity index (χ3v) is 3.76. The van der Waals surface area contributed by atoms with Gasteiger partial charge in [-0.25, -0.2) is 4.79 Å². The largest absolute Gasteiger partial charge is 0.337 e. The van der Waals surface area contributed by atoms with E-state index in [1.807, 2.05) is 18.7 Å². The van der Waals surface area contributed by atoms with Gasteiger partial charge in [-0.3, -0.25) is 0 Å². The number of rotatable bonds is 5. The van der Waals surface area contributed by atoms with Crippen LogP contribution in [0.3, 0.4) is 0 Å². The average molecular weight is 212 g/mol. The predicted octanol–water partition coefficient (Wildman–Crippen LogP) is 2.47. The molecule has 0 saturated heterocycles. The molecule has 0 bridgehead atoms. The van der Waals surface area contributed by atoms with Crippen LogP contribution in [0.15, 0.2) is 0 Å². The molecule has 2 amide bonds. The van der Waals surface area contributed by atoms with Gasteiger partial charge in [0.25, 0.3) is 0 Å². The van der Waals surface area contributed by atoms with Gasteiger partial charge in [0.1, 0.15) is 0 Å². The van der Waals surface area contributed by atoms with Crippen LogP contribution in [0.2, 0.25) is 0 Å². The molecule has 1 aliphatic rings. The monoisotopic (exact) mass is 212 g/mol.